The van der Waals surface area contributed by atoms with Gasteiger partial charge in [-0.3, -0.25) is 14.5 Å². The van der Waals surface area contributed by atoms with Crippen molar-refractivity contribution in [3.05, 3.63) is 0 Å². The highest BCUT2D eigenvalue weighted by atomic mass is 16.5. The van der Waals surface area contributed by atoms with Crippen LogP contribution in [-0.4, -0.2) is 36.5 Å². The minimum Gasteiger partial charge on any atom is -0.380 e. The van der Waals surface area contributed by atoms with Gasteiger partial charge in [0.1, 0.15) is 0 Å². The van der Waals surface area contributed by atoms with Crippen LogP contribution in [0.4, 0.5) is 0 Å². The van der Waals surface area contributed by atoms with Gasteiger partial charge in [0.25, 0.3) is 0 Å². The fourth-order valence-corrected chi connectivity index (χ4v) is 1.51. The molecule has 0 atom stereocenters. The molecule has 1 heterocycles. The zero-order chi connectivity index (χ0) is 12.2. The molecular formula is C12H21NO3. The highest BCUT2D eigenvalue weighted by molar-refractivity contribution is 6.01. The van der Waals surface area contributed by atoms with E-state index >= 15 is 0 Å². The molecule has 1 fully saturated rings. The van der Waals surface area contributed by atoms with Gasteiger partial charge >= 0.3 is 0 Å². The van der Waals surface area contributed by atoms with E-state index in [1.807, 2.05) is 0 Å². The molecule has 92 valence electrons. The molecule has 1 aliphatic heterocycles. The lowest BCUT2D eigenvalue weighted by Gasteiger charge is -2.18. The van der Waals surface area contributed by atoms with E-state index in [-0.39, 0.29) is 17.2 Å². The number of carbonyl (C=O) groups is 2. The molecule has 0 saturated carbocycles. The summed E-state index contributed by atoms with van der Waals surface area (Å²) in [5.74, 6) is -0.131. The van der Waals surface area contributed by atoms with Gasteiger partial charge in [0.2, 0.25) is 11.8 Å². The Kier molecular flexibility index (Phi) is 4.47. The highest BCUT2D eigenvalue weighted by Gasteiger charge is 2.28. The largest absolute Gasteiger partial charge is 0.380 e. The monoisotopic (exact) mass is 227 g/mol. The Morgan fingerprint density at radius 1 is 1.12 bits per heavy atom. The van der Waals surface area contributed by atoms with E-state index in [0.29, 0.717) is 32.6 Å². The number of likely N-dealkylation sites (tertiary alicyclic amines) is 1. The minimum atomic E-state index is -0.0654. The van der Waals surface area contributed by atoms with Gasteiger partial charge in [-0.25, -0.2) is 0 Å². The van der Waals surface area contributed by atoms with Gasteiger partial charge in [-0.2, -0.15) is 0 Å². The first-order chi connectivity index (χ1) is 7.40. The van der Waals surface area contributed by atoms with E-state index in [1.165, 1.54) is 4.90 Å². The molecule has 0 aliphatic carbocycles. The molecule has 4 heteroatoms. The molecule has 0 bridgehead atoms. The Balaban J connectivity index is 2.12. The Morgan fingerprint density at radius 3 is 2.19 bits per heavy atom. The van der Waals surface area contributed by atoms with Crippen LogP contribution in [0.15, 0.2) is 0 Å². The average Bonchev–Trinajstić information content (AvgIpc) is 2.46. The molecule has 0 aromatic carbocycles. The zero-order valence-corrected chi connectivity index (χ0v) is 10.4. The number of ether oxygens (including phenoxy) is 1. The van der Waals surface area contributed by atoms with Gasteiger partial charge in [-0.1, -0.05) is 20.8 Å². The van der Waals surface area contributed by atoms with Gasteiger partial charge in [-0.05, 0) is 11.8 Å². The van der Waals surface area contributed by atoms with Crippen LogP contribution < -0.4 is 0 Å². The van der Waals surface area contributed by atoms with Crippen molar-refractivity contribution in [1.29, 1.82) is 0 Å². The quantitative estimate of drug-likeness (QED) is 0.529. The number of carbonyl (C=O) groups excluding carboxylic acids is 2. The third-order valence-electron chi connectivity index (χ3n) is 2.61. The first-order valence-electron chi connectivity index (χ1n) is 5.81. The lowest BCUT2D eigenvalue weighted by Crippen LogP contribution is -2.32. The molecule has 4 nitrogen and oxygen atoms in total. The maximum Gasteiger partial charge on any atom is 0.229 e. The first kappa shape index (κ1) is 13.2. The molecule has 0 spiro atoms. The van der Waals surface area contributed by atoms with E-state index in [9.17, 15) is 9.59 Å². The number of nitrogens with zero attached hydrogens (tertiary/aromatic N) is 1. The van der Waals surface area contributed by atoms with Crippen molar-refractivity contribution in [1.82, 2.24) is 4.90 Å². The van der Waals surface area contributed by atoms with Crippen LogP contribution in [0.25, 0.3) is 0 Å². The SMILES string of the molecule is CC(C)(C)CCOCCN1C(=O)CCC1=O. The molecule has 0 radical (unpaired) electrons. The van der Waals surface area contributed by atoms with Crippen LogP contribution in [0.5, 0.6) is 0 Å². The number of rotatable bonds is 5. The van der Waals surface area contributed by atoms with Gasteiger partial charge in [-0.15, -0.1) is 0 Å². The van der Waals surface area contributed by atoms with Crippen LogP contribution in [0.3, 0.4) is 0 Å². The van der Waals surface area contributed by atoms with Crippen molar-refractivity contribution in [2.45, 2.75) is 40.0 Å². The standard InChI is InChI=1S/C12H21NO3/c1-12(2,3)6-8-16-9-7-13-10(14)4-5-11(13)15/h4-9H2,1-3H3. The maximum atomic E-state index is 11.3. The van der Waals surface area contributed by atoms with E-state index < -0.39 is 0 Å². The van der Waals surface area contributed by atoms with Crippen LogP contribution >= 0.6 is 0 Å². The lowest BCUT2D eigenvalue weighted by atomic mass is 9.93. The molecule has 0 unspecified atom stereocenters. The second-order valence-corrected chi connectivity index (χ2v) is 5.36. The number of imide groups is 1. The summed E-state index contributed by atoms with van der Waals surface area (Å²) in [4.78, 5) is 23.8. The molecule has 0 N–H and O–H groups in total. The number of hydrogen-bond donors (Lipinski definition) is 0. The van der Waals surface area contributed by atoms with Crippen molar-refractivity contribution in [3.63, 3.8) is 0 Å². The maximum absolute atomic E-state index is 11.3. The summed E-state index contributed by atoms with van der Waals surface area (Å²) >= 11 is 0. The molecular weight excluding hydrogens is 206 g/mol. The third-order valence-corrected chi connectivity index (χ3v) is 2.61. The summed E-state index contributed by atoms with van der Waals surface area (Å²) in [7, 11) is 0. The molecule has 1 aliphatic rings. The second kappa shape index (κ2) is 5.43. The molecule has 1 rings (SSSR count). The minimum absolute atomic E-state index is 0.0654. The van der Waals surface area contributed by atoms with E-state index in [1.54, 1.807) is 0 Å². The summed E-state index contributed by atoms with van der Waals surface area (Å²) in [6, 6.07) is 0. The van der Waals surface area contributed by atoms with E-state index in [0.717, 1.165) is 6.42 Å². The van der Waals surface area contributed by atoms with Gasteiger partial charge in [0, 0.05) is 19.4 Å². The topological polar surface area (TPSA) is 46.6 Å². The summed E-state index contributed by atoms with van der Waals surface area (Å²) in [5, 5.41) is 0. The summed E-state index contributed by atoms with van der Waals surface area (Å²) in [5.41, 5.74) is 0.263. The average molecular weight is 227 g/mol. The van der Waals surface area contributed by atoms with Crippen molar-refractivity contribution >= 4 is 11.8 Å². The van der Waals surface area contributed by atoms with Crippen molar-refractivity contribution in [2.24, 2.45) is 5.41 Å². The molecule has 1 saturated heterocycles. The van der Waals surface area contributed by atoms with Crippen LogP contribution in [0, 0.1) is 5.41 Å². The Labute approximate surface area is 96.9 Å². The molecule has 0 aromatic rings. The Bertz CT molecular complexity index is 252. The Hall–Kier alpha value is -0.900. The zero-order valence-electron chi connectivity index (χ0n) is 10.4. The van der Waals surface area contributed by atoms with Gasteiger partial charge in [0.05, 0.1) is 13.2 Å². The predicted molar refractivity (Wildman–Crippen MR) is 60.8 cm³/mol. The van der Waals surface area contributed by atoms with Crippen molar-refractivity contribution < 1.29 is 14.3 Å². The fraction of sp³-hybridized carbons (Fsp3) is 0.833. The first-order valence-corrected chi connectivity index (χ1v) is 5.81. The lowest BCUT2D eigenvalue weighted by molar-refractivity contribution is -0.139. The number of amides is 2. The molecule has 16 heavy (non-hydrogen) atoms. The van der Waals surface area contributed by atoms with Crippen LogP contribution in [0.2, 0.25) is 0 Å². The second-order valence-electron chi connectivity index (χ2n) is 5.36. The molecule has 0 aromatic heterocycles. The van der Waals surface area contributed by atoms with E-state index in [4.69, 9.17) is 4.74 Å². The Morgan fingerprint density at radius 2 is 1.69 bits per heavy atom. The van der Waals surface area contributed by atoms with Gasteiger partial charge < -0.3 is 4.74 Å². The summed E-state index contributed by atoms with van der Waals surface area (Å²) < 4.78 is 5.42. The summed E-state index contributed by atoms with van der Waals surface area (Å²) in [6.45, 7) is 8.01. The van der Waals surface area contributed by atoms with Crippen molar-refractivity contribution in [3.8, 4) is 0 Å². The smallest absolute Gasteiger partial charge is 0.229 e. The normalized spacial score (nSPS) is 17.3. The van der Waals surface area contributed by atoms with E-state index in [2.05, 4.69) is 20.8 Å². The summed E-state index contributed by atoms with van der Waals surface area (Å²) in [6.07, 6.45) is 1.70. The van der Waals surface area contributed by atoms with Crippen LogP contribution in [-0.2, 0) is 14.3 Å². The fourth-order valence-electron chi connectivity index (χ4n) is 1.51. The predicted octanol–water partition coefficient (Wildman–Crippen LogP) is 1.59. The van der Waals surface area contributed by atoms with Crippen LogP contribution in [0.1, 0.15) is 40.0 Å². The third kappa shape index (κ3) is 4.31. The molecule has 2 amide bonds. The number of hydrogen-bond acceptors (Lipinski definition) is 3. The highest BCUT2D eigenvalue weighted by Crippen LogP contribution is 2.18. The van der Waals surface area contributed by atoms with Gasteiger partial charge in [0.15, 0.2) is 0 Å². The van der Waals surface area contributed by atoms with Crippen molar-refractivity contribution in [2.75, 3.05) is 19.8 Å².